The minimum atomic E-state index is -0.790. The number of rotatable bonds is 5. The number of aliphatic carboxylic acids is 1. The molecule has 16 heavy (non-hydrogen) atoms. The Morgan fingerprint density at radius 2 is 1.88 bits per heavy atom. The zero-order valence-corrected chi connectivity index (χ0v) is 10.1. The van der Waals surface area contributed by atoms with E-state index in [0.29, 0.717) is 0 Å². The maximum atomic E-state index is 11.4. The van der Waals surface area contributed by atoms with E-state index in [-0.39, 0.29) is 6.04 Å². The number of carbonyl (C=O) groups is 1. The van der Waals surface area contributed by atoms with Crippen molar-refractivity contribution in [2.24, 2.45) is 0 Å². The molecule has 88 valence electrons. The van der Waals surface area contributed by atoms with Crippen molar-refractivity contribution in [3.8, 4) is 0 Å². The van der Waals surface area contributed by atoms with Gasteiger partial charge in [0.25, 0.3) is 0 Å². The highest BCUT2D eigenvalue weighted by Crippen LogP contribution is 2.22. The summed E-state index contributed by atoms with van der Waals surface area (Å²) in [7, 11) is 0. The first kappa shape index (κ1) is 12.7. The molecule has 0 spiro atoms. The molecule has 1 atom stereocenters. The molecule has 1 aromatic rings. The minimum absolute atomic E-state index is 0.214. The molecule has 1 aromatic carbocycles. The average Bonchev–Trinajstić information content (AvgIpc) is 2.25. The molecule has 0 amide bonds. The van der Waals surface area contributed by atoms with Gasteiger partial charge in [0, 0.05) is 6.04 Å². The normalized spacial score (nSPS) is 13.1. The number of nitrogens with zero attached hydrogens (tertiary/aromatic N) is 1. The van der Waals surface area contributed by atoms with Gasteiger partial charge in [-0.05, 0) is 26.0 Å². The molecule has 0 aliphatic carbocycles. The summed E-state index contributed by atoms with van der Waals surface area (Å²) in [6.07, 6.45) is 0. The van der Waals surface area contributed by atoms with Gasteiger partial charge in [0.05, 0.1) is 0 Å². The molecule has 0 aromatic heterocycles. The second kappa shape index (κ2) is 5.66. The molecule has 0 fully saturated rings. The Balaban J connectivity index is 3.04. The smallest absolute Gasteiger partial charge is 0.325 e. The van der Waals surface area contributed by atoms with Crippen molar-refractivity contribution in [3.63, 3.8) is 0 Å². The highest BCUT2D eigenvalue weighted by Gasteiger charge is 2.27. The van der Waals surface area contributed by atoms with E-state index in [2.05, 4.69) is 0 Å². The molecule has 0 heterocycles. The number of hydrogen-bond donors (Lipinski definition) is 1. The van der Waals surface area contributed by atoms with Crippen molar-refractivity contribution in [2.75, 3.05) is 6.54 Å². The molecular formula is C13H19NO2. The molecule has 0 aliphatic rings. The predicted molar refractivity (Wildman–Crippen MR) is 64.3 cm³/mol. The molecule has 1 rings (SSSR count). The molecule has 1 N–H and O–H groups in total. The number of carboxylic acid groups (broad SMARTS) is 1. The zero-order chi connectivity index (χ0) is 12.1. The van der Waals surface area contributed by atoms with Crippen molar-refractivity contribution in [2.45, 2.75) is 32.9 Å². The van der Waals surface area contributed by atoms with Gasteiger partial charge in [-0.3, -0.25) is 9.69 Å². The van der Waals surface area contributed by atoms with Crippen LogP contribution in [-0.2, 0) is 4.79 Å². The largest absolute Gasteiger partial charge is 0.480 e. The Hall–Kier alpha value is -1.35. The Labute approximate surface area is 96.7 Å². The average molecular weight is 221 g/mol. The van der Waals surface area contributed by atoms with Gasteiger partial charge in [0.2, 0.25) is 0 Å². The molecule has 0 unspecified atom stereocenters. The van der Waals surface area contributed by atoms with Crippen LogP contribution in [0.4, 0.5) is 0 Å². The lowest BCUT2D eigenvalue weighted by Crippen LogP contribution is -2.38. The van der Waals surface area contributed by atoms with Crippen LogP contribution in [0.1, 0.15) is 32.4 Å². The predicted octanol–water partition coefficient (Wildman–Crippen LogP) is 2.54. The quantitative estimate of drug-likeness (QED) is 0.830. The van der Waals surface area contributed by atoms with Gasteiger partial charge in [-0.2, -0.15) is 0 Å². The van der Waals surface area contributed by atoms with E-state index < -0.39 is 12.0 Å². The summed E-state index contributed by atoms with van der Waals surface area (Å²) in [5.41, 5.74) is 0.838. The van der Waals surface area contributed by atoms with Crippen molar-refractivity contribution in [1.82, 2.24) is 4.90 Å². The van der Waals surface area contributed by atoms with E-state index in [9.17, 15) is 9.90 Å². The zero-order valence-electron chi connectivity index (χ0n) is 10.1. The highest BCUT2D eigenvalue weighted by molar-refractivity contribution is 5.75. The monoisotopic (exact) mass is 221 g/mol. The molecule has 0 bridgehead atoms. The molecule has 0 saturated carbocycles. The maximum absolute atomic E-state index is 11.4. The third-order valence-corrected chi connectivity index (χ3v) is 2.71. The van der Waals surface area contributed by atoms with Gasteiger partial charge in [-0.25, -0.2) is 0 Å². The van der Waals surface area contributed by atoms with E-state index in [1.54, 1.807) is 0 Å². The summed E-state index contributed by atoms with van der Waals surface area (Å²) in [4.78, 5) is 13.3. The van der Waals surface area contributed by atoms with Crippen LogP contribution in [0.25, 0.3) is 0 Å². The van der Waals surface area contributed by atoms with E-state index in [0.717, 1.165) is 12.1 Å². The lowest BCUT2D eigenvalue weighted by Gasteiger charge is -2.31. The van der Waals surface area contributed by atoms with Crippen LogP contribution in [0.5, 0.6) is 0 Å². The van der Waals surface area contributed by atoms with Crippen molar-refractivity contribution >= 4 is 5.97 Å². The standard InChI is InChI=1S/C13H19NO2/c1-4-14(10(2)3)12(13(15)16)11-8-6-5-7-9-11/h5-10,12H,4H2,1-3H3,(H,15,16)/t12-/m1/s1. The highest BCUT2D eigenvalue weighted by atomic mass is 16.4. The third-order valence-electron chi connectivity index (χ3n) is 2.71. The van der Waals surface area contributed by atoms with E-state index in [4.69, 9.17) is 0 Å². The van der Waals surface area contributed by atoms with E-state index in [1.807, 2.05) is 56.0 Å². The fraction of sp³-hybridized carbons (Fsp3) is 0.462. The van der Waals surface area contributed by atoms with Crippen molar-refractivity contribution in [1.29, 1.82) is 0 Å². The van der Waals surface area contributed by atoms with Crippen LogP contribution in [0.2, 0.25) is 0 Å². The lowest BCUT2D eigenvalue weighted by molar-refractivity contribution is -0.144. The Kier molecular flexibility index (Phi) is 4.50. The lowest BCUT2D eigenvalue weighted by atomic mass is 10.0. The summed E-state index contributed by atoms with van der Waals surface area (Å²) in [6.45, 7) is 6.74. The Morgan fingerprint density at radius 3 is 2.25 bits per heavy atom. The first-order valence-electron chi connectivity index (χ1n) is 5.61. The second-order valence-electron chi connectivity index (χ2n) is 4.08. The van der Waals surface area contributed by atoms with Crippen molar-refractivity contribution < 1.29 is 9.90 Å². The topological polar surface area (TPSA) is 40.5 Å². The Morgan fingerprint density at radius 1 is 1.31 bits per heavy atom. The second-order valence-corrected chi connectivity index (χ2v) is 4.08. The van der Waals surface area contributed by atoms with Crippen LogP contribution in [0.3, 0.4) is 0 Å². The minimum Gasteiger partial charge on any atom is -0.480 e. The van der Waals surface area contributed by atoms with Crippen LogP contribution >= 0.6 is 0 Å². The molecule has 0 radical (unpaired) electrons. The van der Waals surface area contributed by atoms with Gasteiger partial charge < -0.3 is 5.11 Å². The first-order chi connectivity index (χ1) is 7.57. The van der Waals surface area contributed by atoms with Crippen LogP contribution < -0.4 is 0 Å². The van der Waals surface area contributed by atoms with E-state index in [1.165, 1.54) is 0 Å². The number of hydrogen-bond acceptors (Lipinski definition) is 2. The van der Waals surface area contributed by atoms with Gasteiger partial charge >= 0.3 is 5.97 Å². The van der Waals surface area contributed by atoms with Gasteiger partial charge in [0.15, 0.2) is 0 Å². The van der Waals surface area contributed by atoms with Gasteiger partial charge in [-0.15, -0.1) is 0 Å². The fourth-order valence-electron chi connectivity index (χ4n) is 1.96. The fourth-order valence-corrected chi connectivity index (χ4v) is 1.96. The van der Waals surface area contributed by atoms with Crippen LogP contribution in [-0.4, -0.2) is 28.6 Å². The molecule has 0 aliphatic heterocycles. The summed E-state index contributed by atoms with van der Waals surface area (Å²) in [6, 6.07) is 9.04. The maximum Gasteiger partial charge on any atom is 0.325 e. The molecular weight excluding hydrogens is 202 g/mol. The first-order valence-corrected chi connectivity index (χ1v) is 5.61. The summed E-state index contributed by atoms with van der Waals surface area (Å²) in [5.74, 6) is -0.790. The number of likely N-dealkylation sites (N-methyl/N-ethyl adjacent to an activating group) is 1. The Bertz CT molecular complexity index is 335. The molecule has 0 saturated heterocycles. The summed E-state index contributed by atoms with van der Waals surface area (Å²) < 4.78 is 0. The van der Waals surface area contributed by atoms with Crippen LogP contribution in [0, 0.1) is 0 Å². The summed E-state index contributed by atoms with van der Waals surface area (Å²) >= 11 is 0. The number of benzene rings is 1. The van der Waals surface area contributed by atoms with Gasteiger partial charge in [0.1, 0.15) is 6.04 Å². The molecule has 3 nitrogen and oxygen atoms in total. The molecule has 3 heteroatoms. The SMILES string of the molecule is CCN(C(C)C)[C@@H](C(=O)O)c1ccccc1. The van der Waals surface area contributed by atoms with Crippen LogP contribution in [0.15, 0.2) is 30.3 Å². The van der Waals surface area contributed by atoms with Crippen molar-refractivity contribution in [3.05, 3.63) is 35.9 Å². The number of carboxylic acids is 1. The van der Waals surface area contributed by atoms with E-state index >= 15 is 0 Å². The van der Waals surface area contributed by atoms with Gasteiger partial charge in [-0.1, -0.05) is 37.3 Å². The third kappa shape index (κ3) is 2.83. The summed E-state index contributed by atoms with van der Waals surface area (Å²) in [5, 5.41) is 9.34.